The number of hydrogen-bond acceptors (Lipinski definition) is 1. The van der Waals surface area contributed by atoms with Crippen LogP contribution in [0.1, 0.15) is 0 Å². The van der Waals surface area contributed by atoms with E-state index >= 15 is 0 Å². The van der Waals surface area contributed by atoms with Crippen molar-refractivity contribution >= 4 is 0 Å². The van der Waals surface area contributed by atoms with Gasteiger partial charge in [0, 0.05) is 21.1 Å². The quantitative estimate of drug-likeness (QED) is 0.674. The zero-order chi connectivity index (χ0) is 5.11. The third-order valence-electron chi connectivity index (χ3n) is 0.629. The number of hydrogen-bond donors (Lipinski definition) is 1. The summed E-state index contributed by atoms with van der Waals surface area (Å²) in [5.41, 5.74) is -0.0845. The second-order valence-corrected chi connectivity index (χ2v) is 1.15. The second-order valence-electron chi connectivity index (χ2n) is 1.15. The Hall–Kier alpha value is -0.362. The fourth-order valence-electron chi connectivity index (χ4n) is 0.333. The minimum atomic E-state index is -0.0845. The molecule has 0 amide bonds. The molecule has 2 nitrogen and oxygen atoms in total. The summed E-state index contributed by atoms with van der Waals surface area (Å²) in [6.45, 7) is 0. The van der Waals surface area contributed by atoms with Gasteiger partial charge in [-0.2, -0.15) is 0 Å². The molecule has 1 aromatic heterocycles. The molecule has 3 heteroatoms. The van der Waals surface area contributed by atoms with E-state index in [9.17, 15) is 4.79 Å². The molecule has 0 aliphatic rings. The van der Waals surface area contributed by atoms with Gasteiger partial charge in [0.1, 0.15) is 0 Å². The first-order valence-electron chi connectivity index (χ1n) is 1.94. The van der Waals surface area contributed by atoms with E-state index in [1.54, 1.807) is 6.07 Å². The van der Waals surface area contributed by atoms with Crippen LogP contribution in [0.25, 0.3) is 0 Å². The van der Waals surface area contributed by atoms with Gasteiger partial charge in [-0.05, 0) is 0 Å². The minimum absolute atomic E-state index is 0. The first-order valence-corrected chi connectivity index (χ1v) is 1.94. The summed E-state index contributed by atoms with van der Waals surface area (Å²) in [6.07, 6.45) is 1.47. The Morgan fingerprint density at radius 2 is 2.38 bits per heavy atom. The number of H-pyrrole nitrogens is 1. The molecule has 1 N–H and O–H groups in total. The van der Waals surface area contributed by atoms with Crippen LogP contribution in [0.4, 0.5) is 0 Å². The molecule has 0 bridgehead atoms. The first kappa shape index (κ1) is 7.64. The molecule has 0 aliphatic heterocycles. The maximum Gasteiger partial charge on any atom is 0.165 e. The summed E-state index contributed by atoms with van der Waals surface area (Å²) in [4.78, 5) is 12.6. The van der Waals surface area contributed by atoms with Crippen molar-refractivity contribution < 1.29 is 21.1 Å². The van der Waals surface area contributed by atoms with Gasteiger partial charge in [0.05, 0.1) is 0 Å². The van der Waals surface area contributed by atoms with Gasteiger partial charge >= 0.3 is 0 Å². The maximum atomic E-state index is 10.2. The van der Waals surface area contributed by atoms with Crippen LogP contribution in [0, 0.1) is 6.07 Å². The fraction of sp³-hybridized carbons (Fsp3) is 0. The van der Waals surface area contributed by atoms with Crippen LogP contribution < -0.4 is 5.56 Å². The van der Waals surface area contributed by atoms with Crippen molar-refractivity contribution in [3.05, 3.63) is 34.7 Å². The van der Waals surface area contributed by atoms with E-state index in [2.05, 4.69) is 11.1 Å². The van der Waals surface area contributed by atoms with Gasteiger partial charge in [-0.3, -0.25) is 4.79 Å². The van der Waals surface area contributed by atoms with Crippen LogP contribution in [-0.2, 0) is 21.1 Å². The summed E-state index contributed by atoms with van der Waals surface area (Å²) < 4.78 is 0. The molecular weight excluding hydrogens is 274 g/mol. The van der Waals surface area contributed by atoms with E-state index < -0.39 is 0 Å². The average Bonchev–Trinajstić information content (AvgIpc) is 1.69. The summed E-state index contributed by atoms with van der Waals surface area (Å²) in [7, 11) is 0. The zero-order valence-corrected chi connectivity index (χ0v) is 6.98. The van der Waals surface area contributed by atoms with E-state index in [0.717, 1.165) is 0 Å². The van der Waals surface area contributed by atoms with E-state index in [1.807, 2.05) is 0 Å². The average molecular weight is 278 g/mol. The van der Waals surface area contributed by atoms with Crippen LogP contribution in [0.15, 0.2) is 23.1 Å². The van der Waals surface area contributed by atoms with Gasteiger partial charge in [0.15, 0.2) is 5.56 Å². The Balaban J connectivity index is 0.000000490. The SMILES string of the molecule is O=c1cc[c-]c[nH]1.[W]. The molecule has 0 atom stereocenters. The zero-order valence-electron chi connectivity index (χ0n) is 4.05. The minimum Gasteiger partial charge on any atom is -0.362 e. The molecule has 0 unspecified atom stereocenters. The first-order chi connectivity index (χ1) is 3.39. The fourth-order valence-corrected chi connectivity index (χ4v) is 0.333. The molecule has 1 aromatic rings. The second kappa shape index (κ2) is 3.62. The number of aromatic amines is 1. The molecule has 1 heterocycles. The van der Waals surface area contributed by atoms with Crippen molar-refractivity contribution in [3.8, 4) is 0 Å². The molecule has 0 spiro atoms. The smallest absolute Gasteiger partial charge is 0.165 e. The predicted octanol–water partition coefficient (Wildman–Crippen LogP) is 0.173. The standard InChI is InChI=1S/C5H4NO.W/c7-5-3-1-2-4-6-5;/h1,3-4H,(H,6,7);/q-1;. The number of pyridine rings is 1. The molecule has 0 fully saturated rings. The number of aromatic nitrogens is 1. The van der Waals surface area contributed by atoms with Crippen molar-refractivity contribution in [2.75, 3.05) is 0 Å². The van der Waals surface area contributed by atoms with Gasteiger partial charge in [-0.25, -0.2) is 12.1 Å². The van der Waals surface area contributed by atoms with Crippen LogP contribution in [-0.4, -0.2) is 4.98 Å². The third kappa shape index (κ3) is 2.08. The molecule has 8 heavy (non-hydrogen) atoms. The van der Waals surface area contributed by atoms with Gasteiger partial charge in [-0.1, -0.05) is 6.20 Å². The van der Waals surface area contributed by atoms with Crippen molar-refractivity contribution in [1.29, 1.82) is 0 Å². The molecule has 0 radical (unpaired) electrons. The van der Waals surface area contributed by atoms with Crippen LogP contribution in [0.2, 0.25) is 0 Å². The maximum absolute atomic E-state index is 10.2. The monoisotopic (exact) mass is 278 g/mol. The molecule has 42 valence electrons. The Kier molecular flexibility index (Phi) is 3.45. The number of rotatable bonds is 0. The molecule has 0 aliphatic carbocycles. The molecular formula is C5H4NOW-. The van der Waals surface area contributed by atoms with Crippen LogP contribution in [0.3, 0.4) is 0 Å². The number of nitrogens with one attached hydrogen (secondary N) is 1. The van der Waals surface area contributed by atoms with E-state index in [4.69, 9.17) is 0 Å². The van der Waals surface area contributed by atoms with Gasteiger partial charge in [-0.15, -0.1) is 6.07 Å². The van der Waals surface area contributed by atoms with E-state index in [-0.39, 0.29) is 26.6 Å². The topological polar surface area (TPSA) is 32.9 Å². The largest absolute Gasteiger partial charge is 0.362 e. The van der Waals surface area contributed by atoms with E-state index in [0.29, 0.717) is 0 Å². The van der Waals surface area contributed by atoms with Gasteiger partial charge < -0.3 is 4.98 Å². The Bertz CT molecular complexity index is 178. The Labute approximate surface area is 61.2 Å². The van der Waals surface area contributed by atoms with Gasteiger partial charge in [0.25, 0.3) is 0 Å². The molecule has 0 saturated carbocycles. The molecule has 1 rings (SSSR count). The third-order valence-corrected chi connectivity index (χ3v) is 0.629. The molecule has 0 aromatic carbocycles. The van der Waals surface area contributed by atoms with Gasteiger partial charge in [0.2, 0.25) is 0 Å². The van der Waals surface area contributed by atoms with Crippen molar-refractivity contribution in [2.45, 2.75) is 0 Å². The Morgan fingerprint density at radius 1 is 1.62 bits per heavy atom. The normalized spacial score (nSPS) is 7.50. The summed E-state index contributed by atoms with van der Waals surface area (Å²) in [6, 6.07) is 5.66. The molecule has 0 saturated heterocycles. The van der Waals surface area contributed by atoms with Crippen molar-refractivity contribution in [2.24, 2.45) is 0 Å². The summed E-state index contributed by atoms with van der Waals surface area (Å²) in [5, 5.41) is 0. The van der Waals surface area contributed by atoms with Crippen molar-refractivity contribution in [3.63, 3.8) is 0 Å². The van der Waals surface area contributed by atoms with Crippen molar-refractivity contribution in [1.82, 2.24) is 4.98 Å². The predicted molar refractivity (Wildman–Crippen MR) is 25.9 cm³/mol. The van der Waals surface area contributed by atoms with E-state index in [1.165, 1.54) is 12.3 Å². The Morgan fingerprint density at radius 3 is 2.62 bits per heavy atom. The van der Waals surface area contributed by atoms with Crippen LogP contribution >= 0.6 is 0 Å². The summed E-state index contributed by atoms with van der Waals surface area (Å²) >= 11 is 0. The van der Waals surface area contributed by atoms with Crippen LogP contribution in [0.5, 0.6) is 0 Å². The summed E-state index contributed by atoms with van der Waals surface area (Å²) in [5.74, 6) is 0.